The van der Waals surface area contributed by atoms with Crippen molar-refractivity contribution in [2.24, 2.45) is 0 Å². The van der Waals surface area contributed by atoms with E-state index >= 15 is 8.78 Å². The number of aromatic nitrogens is 1. The number of ether oxygens (including phenoxy) is 2. The average molecular weight is 539 g/mol. The topological polar surface area (TPSA) is 54.8 Å². The Morgan fingerprint density at radius 3 is 2.56 bits per heavy atom. The summed E-state index contributed by atoms with van der Waals surface area (Å²) in [6.07, 6.45) is 2.94. The number of hydrogen-bond acceptors (Lipinski definition) is 5. The standard InChI is InChI=1S/C31H33F3N2O3/c1-2-38-28-14-12-26(31(34)35-28)23-5-3-6-25-24(11-13-27(37)30(25)33)29(23)20-7-9-21(10-8-20)39-22-15-18-36(19-22)17-4-16-32/h7-14,22,37H,2-6,15-19H2,1H3/t22-/m0/s1. The highest BCUT2D eigenvalue weighted by atomic mass is 19.1. The second-order valence-corrected chi connectivity index (χ2v) is 9.95. The third kappa shape index (κ3) is 5.91. The van der Waals surface area contributed by atoms with Gasteiger partial charge >= 0.3 is 0 Å². The van der Waals surface area contributed by atoms with Crippen LogP contribution in [0.2, 0.25) is 0 Å². The molecule has 8 heteroatoms. The normalized spacial score (nSPS) is 17.7. The number of benzene rings is 2. The van der Waals surface area contributed by atoms with Crippen molar-refractivity contribution >= 4 is 11.1 Å². The molecule has 1 atom stereocenters. The van der Waals surface area contributed by atoms with E-state index in [1.165, 1.54) is 6.07 Å². The highest BCUT2D eigenvalue weighted by Crippen LogP contribution is 2.42. The smallest absolute Gasteiger partial charge is 0.223 e. The lowest BCUT2D eigenvalue weighted by molar-refractivity contribution is 0.198. The molecular formula is C31H33F3N2O3. The zero-order valence-corrected chi connectivity index (χ0v) is 22.1. The number of halogens is 3. The van der Waals surface area contributed by atoms with Crippen LogP contribution in [0.25, 0.3) is 11.1 Å². The van der Waals surface area contributed by atoms with E-state index in [2.05, 4.69) is 9.88 Å². The van der Waals surface area contributed by atoms with E-state index in [0.29, 0.717) is 60.3 Å². The number of phenolic OH excluding ortho intramolecular Hbond substituents is 1. The third-order valence-corrected chi connectivity index (χ3v) is 7.37. The largest absolute Gasteiger partial charge is 0.505 e. The second-order valence-electron chi connectivity index (χ2n) is 9.95. The van der Waals surface area contributed by atoms with E-state index in [0.717, 1.165) is 37.2 Å². The molecule has 39 heavy (non-hydrogen) atoms. The van der Waals surface area contributed by atoms with Gasteiger partial charge in [0.15, 0.2) is 11.6 Å². The van der Waals surface area contributed by atoms with E-state index < -0.39 is 17.5 Å². The van der Waals surface area contributed by atoms with Gasteiger partial charge in [0.05, 0.1) is 13.3 Å². The minimum absolute atomic E-state index is 0.0324. The number of rotatable bonds is 9. The van der Waals surface area contributed by atoms with Gasteiger partial charge in [-0.05, 0) is 91.1 Å². The molecule has 0 amide bonds. The summed E-state index contributed by atoms with van der Waals surface area (Å²) in [5.74, 6) is -0.767. The number of allylic oxidation sites excluding steroid dienone is 1. The predicted octanol–water partition coefficient (Wildman–Crippen LogP) is 6.57. The number of nitrogens with zero attached hydrogens (tertiary/aromatic N) is 2. The van der Waals surface area contributed by atoms with E-state index in [1.807, 2.05) is 31.2 Å². The molecule has 0 spiro atoms. The van der Waals surface area contributed by atoms with Gasteiger partial charge in [0.25, 0.3) is 0 Å². The van der Waals surface area contributed by atoms with Crippen LogP contribution >= 0.6 is 0 Å². The van der Waals surface area contributed by atoms with Gasteiger partial charge in [0.2, 0.25) is 11.8 Å². The molecular weight excluding hydrogens is 505 g/mol. The number of pyridine rings is 1. The number of likely N-dealkylation sites (tertiary alicyclic amines) is 1. The molecule has 1 N–H and O–H groups in total. The molecule has 1 fully saturated rings. The van der Waals surface area contributed by atoms with Crippen molar-refractivity contribution in [2.45, 2.75) is 45.1 Å². The van der Waals surface area contributed by atoms with Gasteiger partial charge in [0, 0.05) is 31.3 Å². The first-order valence-corrected chi connectivity index (χ1v) is 13.6. The number of phenols is 1. The zero-order valence-electron chi connectivity index (χ0n) is 22.1. The molecule has 0 saturated carbocycles. The number of fused-ring (bicyclic) bond motifs is 1. The molecule has 1 aliphatic heterocycles. The van der Waals surface area contributed by atoms with Crippen LogP contribution in [0.3, 0.4) is 0 Å². The maximum atomic E-state index is 15.3. The van der Waals surface area contributed by atoms with Crippen LogP contribution in [0.5, 0.6) is 17.4 Å². The minimum atomic E-state index is -0.644. The molecule has 0 radical (unpaired) electrons. The Balaban J connectivity index is 1.51. The minimum Gasteiger partial charge on any atom is -0.505 e. The van der Waals surface area contributed by atoms with Gasteiger partial charge in [-0.1, -0.05) is 18.2 Å². The van der Waals surface area contributed by atoms with Crippen LogP contribution in [0.15, 0.2) is 48.5 Å². The number of aromatic hydroxyl groups is 1. The van der Waals surface area contributed by atoms with Crippen molar-refractivity contribution in [1.29, 1.82) is 0 Å². The Morgan fingerprint density at radius 2 is 1.82 bits per heavy atom. The van der Waals surface area contributed by atoms with E-state index in [1.54, 1.807) is 18.2 Å². The third-order valence-electron chi connectivity index (χ3n) is 7.37. The molecule has 2 heterocycles. The van der Waals surface area contributed by atoms with Gasteiger partial charge in [-0.15, -0.1) is 0 Å². The fraction of sp³-hybridized carbons (Fsp3) is 0.387. The van der Waals surface area contributed by atoms with Crippen molar-refractivity contribution in [3.63, 3.8) is 0 Å². The molecule has 0 unspecified atom stereocenters. The van der Waals surface area contributed by atoms with Crippen LogP contribution in [-0.4, -0.2) is 54.0 Å². The fourth-order valence-corrected chi connectivity index (χ4v) is 5.56. The summed E-state index contributed by atoms with van der Waals surface area (Å²) in [5, 5.41) is 10.1. The lowest BCUT2D eigenvalue weighted by Crippen LogP contribution is -2.26. The molecule has 3 aromatic rings. The highest BCUT2D eigenvalue weighted by molar-refractivity contribution is 6.00. The molecule has 1 aliphatic carbocycles. The first-order chi connectivity index (χ1) is 19.0. The monoisotopic (exact) mass is 538 g/mol. The summed E-state index contributed by atoms with van der Waals surface area (Å²) in [5.41, 5.74) is 3.60. The Labute approximate surface area is 226 Å². The Kier molecular flexibility index (Phi) is 8.41. The number of alkyl halides is 1. The van der Waals surface area contributed by atoms with Gasteiger partial charge < -0.3 is 14.6 Å². The summed E-state index contributed by atoms with van der Waals surface area (Å²) < 4.78 is 54.5. The summed E-state index contributed by atoms with van der Waals surface area (Å²) in [6, 6.07) is 13.9. The van der Waals surface area contributed by atoms with Gasteiger partial charge in [-0.2, -0.15) is 9.37 Å². The van der Waals surface area contributed by atoms with Crippen LogP contribution in [0, 0.1) is 11.8 Å². The Morgan fingerprint density at radius 1 is 1.03 bits per heavy atom. The van der Waals surface area contributed by atoms with E-state index in [9.17, 15) is 9.50 Å². The maximum Gasteiger partial charge on any atom is 0.223 e. The molecule has 1 aromatic heterocycles. The van der Waals surface area contributed by atoms with Crippen LogP contribution < -0.4 is 9.47 Å². The summed E-state index contributed by atoms with van der Waals surface area (Å²) in [4.78, 5) is 6.21. The molecule has 0 bridgehead atoms. The lowest BCUT2D eigenvalue weighted by atomic mass is 9.88. The molecule has 1 saturated heterocycles. The van der Waals surface area contributed by atoms with Crippen molar-refractivity contribution in [2.75, 3.05) is 32.9 Å². The molecule has 206 valence electrons. The van der Waals surface area contributed by atoms with Crippen LogP contribution in [0.4, 0.5) is 13.2 Å². The van der Waals surface area contributed by atoms with Crippen LogP contribution in [0.1, 0.15) is 54.9 Å². The van der Waals surface area contributed by atoms with Crippen molar-refractivity contribution in [3.05, 3.63) is 82.5 Å². The van der Waals surface area contributed by atoms with Crippen LogP contribution in [-0.2, 0) is 6.42 Å². The van der Waals surface area contributed by atoms with Gasteiger partial charge in [0.1, 0.15) is 11.9 Å². The van der Waals surface area contributed by atoms with E-state index in [4.69, 9.17) is 9.47 Å². The molecule has 2 aromatic carbocycles. The first-order valence-electron chi connectivity index (χ1n) is 13.6. The van der Waals surface area contributed by atoms with Crippen molar-refractivity contribution in [1.82, 2.24) is 9.88 Å². The molecule has 5 nitrogen and oxygen atoms in total. The predicted molar refractivity (Wildman–Crippen MR) is 145 cm³/mol. The lowest BCUT2D eigenvalue weighted by Gasteiger charge is -2.19. The van der Waals surface area contributed by atoms with Gasteiger partial charge in [-0.3, -0.25) is 9.29 Å². The highest BCUT2D eigenvalue weighted by Gasteiger charge is 2.26. The van der Waals surface area contributed by atoms with Crippen molar-refractivity contribution < 1.29 is 27.8 Å². The summed E-state index contributed by atoms with van der Waals surface area (Å²) >= 11 is 0. The maximum absolute atomic E-state index is 15.3. The van der Waals surface area contributed by atoms with E-state index in [-0.39, 0.29) is 18.7 Å². The SMILES string of the molecule is CCOc1ccc(C2=C(c3ccc(O[C@H]4CCN(CCCF)C4)cc3)c3ccc(O)c(F)c3CCC2)c(F)n1. The molecule has 2 aliphatic rings. The Hall–Kier alpha value is -3.52. The first kappa shape index (κ1) is 27.1. The fourth-order valence-electron chi connectivity index (χ4n) is 5.56. The summed E-state index contributed by atoms with van der Waals surface area (Å²) in [7, 11) is 0. The Bertz CT molecular complexity index is 1340. The zero-order chi connectivity index (χ0) is 27.4. The summed E-state index contributed by atoms with van der Waals surface area (Å²) in [6.45, 7) is 4.25. The number of hydrogen-bond donors (Lipinski definition) is 1. The van der Waals surface area contributed by atoms with Crippen molar-refractivity contribution in [3.8, 4) is 17.4 Å². The average Bonchev–Trinajstić information content (AvgIpc) is 3.29. The second kappa shape index (κ2) is 12.1. The molecule has 5 rings (SSSR count). The van der Waals surface area contributed by atoms with Gasteiger partial charge in [-0.25, -0.2) is 4.39 Å². The quantitative estimate of drug-likeness (QED) is 0.312.